The number of hydrogen-bond acceptors (Lipinski definition) is 3. The highest BCUT2D eigenvalue weighted by Crippen LogP contribution is 2.05. The fourth-order valence-corrected chi connectivity index (χ4v) is 1.00. The van der Waals surface area contributed by atoms with Gasteiger partial charge in [-0.1, -0.05) is 6.92 Å². The Labute approximate surface area is 103 Å². The molecule has 0 aliphatic carbocycles. The van der Waals surface area contributed by atoms with Crippen molar-refractivity contribution in [1.82, 2.24) is 10.6 Å². The van der Waals surface area contributed by atoms with Crippen molar-refractivity contribution < 1.29 is 14.3 Å². The van der Waals surface area contributed by atoms with Crippen molar-refractivity contribution in [3.8, 4) is 0 Å². The molecule has 2 amide bonds. The molecule has 0 aliphatic rings. The maximum atomic E-state index is 11.3. The summed E-state index contributed by atoms with van der Waals surface area (Å²) in [5, 5.41) is 5.38. The first kappa shape index (κ1) is 15.9. The number of carbonyl (C=O) groups excluding carboxylic acids is 2. The van der Waals surface area contributed by atoms with Gasteiger partial charge in [-0.2, -0.15) is 0 Å². The third kappa shape index (κ3) is 11.2. The van der Waals surface area contributed by atoms with Crippen LogP contribution in [0.2, 0.25) is 0 Å². The zero-order valence-electron chi connectivity index (χ0n) is 11.3. The normalized spacial score (nSPS) is 11.1. The van der Waals surface area contributed by atoms with E-state index in [1.54, 1.807) is 0 Å². The first-order valence-corrected chi connectivity index (χ1v) is 6.02. The fourth-order valence-electron chi connectivity index (χ4n) is 1.00. The summed E-state index contributed by atoms with van der Waals surface area (Å²) >= 11 is 0. The molecule has 0 fully saturated rings. The molecule has 0 atom stereocenters. The van der Waals surface area contributed by atoms with Crippen molar-refractivity contribution in [1.29, 1.82) is 0 Å². The monoisotopic (exact) mass is 244 g/mol. The first-order valence-electron chi connectivity index (χ1n) is 6.02. The van der Waals surface area contributed by atoms with Crippen LogP contribution < -0.4 is 10.6 Å². The second-order valence-electron chi connectivity index (χ2n) is 4.85. The van der Waals surface area contributed by atoms with E-state index in [4.69, 9.17) is 4.74 Å². The van der Waals surface area contributed by atoms with Crippen LogP contribution in [0.5, 0.6) is 0 Å². The van der Waals surface area contributed by atoms with E-state index in [0.29, 0.717) is 19.5 Å². The maximum absolute atomic E-state index is 11.3. The predicted molar refractivity (Wildman–Crippen MR) is 66.6 cm³/mol. The van der Waals surface area contributed by atoms with Gasteiger partial charge in [0.15, 0.2) is 0 Å². The average Bonchev–Trinajstić information content (AvgIpc) is 2.22. The van der Waals surface area contributed by atoms with Crippen molar-refractivity contribution in [3.05, 3.63) is 0 Å². The summed E-state index contributed by atoms with van der Waals surface area (Å²) in [6, 6.07) is 0. The summed E-state index contributed by atoms with van der Waals surface area (Å²) in [5.41, 5.74) is -0.324. The lowest BCUT2D eigenvalue weighted by atomic mass is 10.2. The minimum Gasteiger partial charge on any atom is -0.366 e. The average molecular weight is 244 g/mol. The molecule has 0 unspecified atom stereocenters. The Kier molecular flexibility index (Phi) is 7.54. The van der Waals surface area contributed by atoms with Gasteiger partial charge in [-0.3, -0.25) is 9.59 Å². The van der Waals surface area contributed by atoms with Gasteiger partial charge in [-0.15, -0.1) is 0 Å². The van der Waals surface area contributed by atoms with E-state index in [-0.39, 0.29) is 24.0 Å². The van der Waals surface area contributed by atoms with Gasteiger partial charge in [0.1, 0.15) is 6.61 Å². The van der Waals surface area contributed by atoms with E-state index in [1.807, 2.05) is 27.7 Å². The van der Waals surface area contributed by atoms with Gasteiger partial charge in [-0.05, 0) is 27.2 Å². The van der Waals surface area contributed by atoms with Gasteiger partial charge >= 0.3 is 0 Å². The molecule has 0 bridgehead atoms. The predicted octanol–water partition coefficient (Wildman–Crippen LogP) is 0.834. The molecule has 0 rings (SSSR count). The number of ether oxygens (including phenoxy) is 1. The molecule has 0 saturated heterocycles. The highest BCUT2D eigenvalue weighted by Gasteiger charge is 2.12. The van der Waals surface area contributed by atoms with E-state index < -0.39 is 0 Å². The SMILES string of the molecule is CCCNC(=O)CCNC(=O)COC(C)(C)C. The van der Waals surface area contributed by atoms with Crippen LogP contribution in [0.4, 0.5) is 0 Å². The van der Waals surface area contributed by atoms with Gasteiger partial charge in [0.25, 0.3) is 0 Å². The molecule has 0 aromatic carbocycles. The minimum absolute atomic E-state index is 0.0279. The molecule has 100 valence electrons. The Hall–Kier alpha value is -1.10. The molecule has 5 heteroatoms. The number of carbonyl (C=O) groups is 2. The zero-order valence-corrected chi connectivity index (χ0v) is 11.3. The van der Waals surface area contributed by atoms with E-state index >= 15 is 0 Å². The number of nitrogens with one attached hydrogen (secondary N) is 2. The second-order valence-corrected chi connectivity index (χ2v) is 4.85. The zero-order chi connectivity index (χ0) is 13.3. The molecule has 17 heavy (non-hydrogen) atoms. The lowest BCUT2D eigenvalue weighted by Gasteiger charge is -2.18. The number of amides is 2. The largest absolute Gasteiger partial charge is 0.366 e. The molecular formula is C12H24N2O3. The highest BCUT2D eigenvalue weighted by molar-refractivity contribution is 5.79. The van der Waals surface area contributed by atoms with Crippen molar-refractivity contribution in [2.75, 3.05) is 19.7 Å². The molecule has 0 heterocycles. The lowest BCUT2D eigenvalue weighted by Crippen LogP contribution is -2.35. The number of rotatable bonds is 7. The van der Waals surface area contributed by atoms with Crippen molar-refractivity contribution in [2.24, 2.45) is 0 Å². The Balaban J connectivity index is 3.54. The molecule has 2 N–H and O–H groups in total. The summed E-state index contributed by atoms with van der Waals surface area (Å²) in [7, 11) is 0. The van der Waals surface area contributed by atoms with Crippen molar-refractivity contribution in [2.45, 2.75) is 46.1 Å². The standard InChI is InChI=1S/C12H24N2O3/c1-5-7-13-10(15)6-8-14-11(16)9-17-12(2,3)4/h5-9H2,1-4H3,(H,13,15)(H,14,16). The fraction of sp³-hybridized carbons (Fsp3) is 0.833. The van der Waals surface area contributed by atoms with E-state index in [1.165, 1.54) is 0 Å². The van der Waals surface area contributed by atoms with Gasteiger partial charge < -0.3 is 15.4 Å². The second kappa shape index (κ2) is 8.06. The van der Waals surface area contributed by atoms with Crippen LogP contribution in [0.15, 0.2) is 0 Å². The van der Waals surface area contributed by atoms with E-state index in [9.17, 15) is 9.59 Å². The minimum atomic E-state index is -0.324. The molecule has 5 nitrogen and oxygen atoms in total. The Bertz CT molecular complexity index is 247. The maximum Gasteiger partial charge on any atom is 0.246 e. The first-order chi connectivity index (χ1) is 7.85. The third-order valence-corrected chi connectivity index (χ3v) is 1.88. The van der Waals surface area contributed by atoms with E-state index in [0.717, 1.165) is 6.42 Å². The summed E-state index contributed by atoms with van der Waals surface area (Å²) in [5.74, 6) is -0.230. The third-order valence-electron chi connectivity index (χ3n) is 1.88. The van der Waals surface area contributed by atoms with Crippen LogP contribution in [-0.4, -0.2) is 37.1 Å². The smallest absolute Gasteiger partial charge is 0.246 e. The quantitative estimate of drug-likeness (QED) is 0.697. The Morgan fingerprint density at radius 3 is 2.18 bits per heavy atom. The summed E-state index contributed by atoms with van der Waals surface area (Å²) < 4.78 is 5.30. The molecule has 0 aromatic rings. The molecule has 0 aromatic heterocycles. The van der Waals surface area contributed by atoms with Gasteiger partial charge in [-0.25, -0.2) is 0 Å². The van der Waals surface area contributed by atoms with Crippen molar-refractivity contribution in [3.63, 3.8) is 0 Å². The molecule has 0 spiro atoms. The summed E-state index contributed by atoms with van der Waals surface area (Å²) in [4.78, 5) is 22.5. The van der Waals surface area contributed by atoms with E-state index in [2.05, 4.69) is 10.6 Å². The molecular weight excluding hydrogens is 220 g/mol. The Morgan fingerprint density at radius 1 is 1.06 bits per heavy atom. The molecule has 0 radical (unpaired) electrons. The Morgan fingerprint density at radius 2 is 1.65 bits per heavy atom. The van der Waals surface area contributed by atoms with Crippen LogP contribution in [0.3, 0.4) is 0 Å². The molecule has 0 aliphatic heterocycles. The van der Waals surface area contributed by atoms with Crippen LogP contribution in [-0.2, 0) is 14.3 Å². The van der Waals surface area contributed by atoms with Crippen LogP contribution >= 0.6 is 0 Å². The van der Waals surface area contributed by atoms with Gasteiger partial charge in [0.2, 0.25) is 11.8 Å². The van der Waals surface area contributed by atoms with Crippen molar-refractivity contribution >= 4 is 11.8 Å². The summed E-state index contributed by atoms with van der Waals surface area (Å²) in [6.07, 6.45) is 1.22. The van der Waals surface area contributed by atoms with Gasteiger partial charge in [0, 0.05) is 19.5 Å². The van der Waals surface area contributed by atoms with Gasteiger partial charge in [0.05, 0.1) is 5.60 Å². The van der Waals surface area contributed by atoms with Crippen LogP contribution in [0.25, 0.3) is 0 Å². The number of hydrogen-bond donors (Lipinski definition) is 2. The topological polar surface area (TPSA) is 67.4 Å². The lowest BCUT2D eigenvalue weighted by molar-refractivity contribution is -0.130. The molecule has 0 saturated carbocycles. The van der Waals surface area contributed by atoms with Crippen LogP contribution in [0, 0.1) is 0 Å². The highest BCUT2D eigenvalue weighted by atomic mass is 16.5. The summed E-state index contributed by atoms with van der Waals surface area (Å²) in [6.45, 7) is 8.71. The van der Waals surface area contributed by atoms with Crippen LogP contribution in [0.1, 0.15) is 40.5 Å².